The summed E-state index contributed by atoms with van der Waals surface area (Å²) in [6.07, 6.45) is -2.75. The maximum Gasteiger partial charge on any atom is 0.479 e. The molecule has 0 radical (unpaired) electrons. The van der Waals surface area contributed by atoms with E-state index in [4.69, 9.17) is 15.0 Å². The fourth-order valence-corrected chi connectivity index (χ4v) is 4.74. The number of imidazole rings is 1. The SMILES string of the molecule is Cn1cnc2c(ncn2[C@@H]2O[C@H](COP(=O)(O)OP(C)(=O)O)[C@@H](O)[C@H]2O)c1=N. The van der Waals surface area contributed by atoms with E-state index in [1.54, 1.807) is 7.05 Å². The van der Waals surface area contributed by atoms with Crippen molar-refractivity contribution in [1.82, 2.24) is 19.1 Å². The highest BCUT2D eigenvalue weighted by atomic mass is 31.3. The van der Waals surface area contributed by atoms with Gasteiger partial charge >= 0.3 is 15.4 Å². The molecule has 14 nitrogen and oxygen atoms in total. The molecule has 0 aliphatic carbocycles. The minimum atomic E-state index is -4.89. The number of nitrogens with zero attached hydrogens (tertiary/aromatic N) is 4. The summed E-state index contributed by atoms with van der Waals surface area (Å²) in [7, 11) is -7.57. The van der Waals surface area contributed by atoms with E-state index in [9.17, 15) is 24.2 Å². The second-order valence-corrected chi connectivity index (χ2v) is 9.68. The van der Waals surface area contributed by atoms with Crippen LogP contribution in [0.5, 0.6) is 0 Å². The molecule has 0 amide bonds. The number of hydrogen-bond donors (Lipinski definition) is 5. The van der Waals surface area contributed by atoms with E-state index in [0.29, 0.717) is 6.66 Å². The molecule has 1 aliphatic rings. The zero-order valence-corrected chi connectivity index (χ0v) is 16.5. The predicted molar refractivity (Wildman–Crippen MR) is 90.9 cm³/mol. The van der Waals surface area contributed by atoms with Gasteiger partial charge in [0, 0.05) is 13.7 Å². The molecule has 1 saturated heterocycles. The Hall–Kier alpha value is -1.47. The van der Waals surface area contributed by atoms with Crippen LogP contribution in [0.4, 0.5) is 0 Å². The third kappa shape index (κ3) is 4.25. The summed E-state index contributed by atoms with van der Waals surface area (Å²) in [5.41, 5.74) is 0.539. The first-order valence-corrected chi connectivity index (χ1v) is 11.3. The molecule has 5 N–H and O–H groups in total. The second kappa shape index (κ2) is 7.41. The molecule has 0 spiro atoms. The van der Waals surface area contributed by atoms with Crippen LogP contribution in [0.15, 0.2) is 12.7 Å². The average molecular weight is 439 g/mol. The van der Waals surface area contributed by atoms with Crippen molar-refractivity contribution >= 4 is 26.6 Å². The van der Waals surface area contributed by atoms with E-state index in [1.807, 2.05) is 0 Å². The molecule has 0 bridgehead atoms. The number of aromatic nitrogens is 4. The minimum absolute atomic E-state index is 0.0723. The number of ether oxygens (including phenoxy) is 1. The van der Waals surface area contributed by atoms with Gasteiger partial charge in [0.05, 0.1) is 19.3 Å². The zero-order chi connectivity index (χ0) is 20.9. The Labute approximate surface area is 157 Å². The lowest BCUT2D eigenvalue weighted by atomic mass is 10.1. The minimum Gasteiger partial charge on any atom is -0.387 e. The summed E-state index contributed by atoms with van der Waals surface area (Å²) >= 11 is 0. The first kappa shape index (κ1) is 21.2. The van der Waals surface area contributed by atoms with Gasteiger partial charge in [0.1, 0.15) is 23.8 Å². The van der Waals surface area contributed by atoms with Gasteiger partial charge in [-0.25, -0.2) is 18.8 Å². The van der Waals surface area contributed by atoms with Gasteiger partial charge in [0.2, 0.25) is 0 Å². The number of aryl methyl sites for hydroxylation is 1. The van der Waals surface area contributed by atoms with Crippen LogP contribution >= 0.6 is 15.4 Å². The lowest BCUT2D eigenvalue weighted by molar-refractivity contribution is -0.0501. The Morgan fingerprint density at radius 2 is 1.93 bits per heavy atom. The Balaban J connectivity index is 1.78. The third-order valence-corrected chi connectivity index (χ3v) is 6.48. The molecular weight excluding hydrogens is 420 g/mol. The fourth-order valence-electron chi connectivity index (χ4n) is 2.68. The fraction of sp³-hybridized carbons (Fsp3) is 0.583. The standard InChI is InChI=1S/C12H19N5O9P2/c1-16-4-15-11-7(10(16)13)14-5-17(11)12-9(19)8(18)6(25-12)3-24-28(22,23)26-27(2,20)21/h4-6,8-9,12-13,18-19H,3H2,1-2H3,(H,20,21)(H,22,23)/t6-,8-,9-,12-/m1/s1. The van der Waals surface area contributed by atoms with Crippen molar-refractivity contribution in [2.45, 2.75) is 24.5 Å². The van der Waals surface area contributed by atoms with Gasteiger partial charge in [-0.05, 0) is 0 Å². The number of phosphoric ester groups is 1. The zero-order valence-electron chi connectivity index (χ0n) is 14.7. The highest BCUT2D eigenvalue weighted by Crippen LogP contribution is 2.58. The summed E-state index contributed by atoms with van der Waals surface area (Å²) in [5, 5.41) is 28.4. The highest BCUT2D eigenvalue weighted by Gasteiger charge is 2.45. The molecule has 1 fully saturated rings. The van der Waals surface area contributed by atoms with E-state index in [2.05, 4.69) is 18.8 Å². The molecule has 3 heterocycles. The molecule has 1 aliphatic heterocycles. The highest BCUT2D eigenvalue weighted by molar-refractivity contribution is 7.63. The van der Waals surface area contributed by atoms with Crippen molar-refractivity contribution in [3.63, 3.8) is 0 Å². The normalized spacial score (nSPS) is 29.6. The lowest BCUT2D eigenvalue weighted by Gasteiger charge is -2.18. The summed E-state index contributed by atoms with van der Waals surface area (Å²) in [6.45, 7) is -0.00113. The van der Waals surface area contributed by atoms with Gasteiger partial charge < -0.3 is 29.3 Å². The Morgan fingerprint density at radius 3 is 2.57 bits per heavy atom. The molecular formula is C12H19N5O9P2. The third-order valence-electron chi connectivity index (χ3n) is 3.97. The Kier molecular flexibility index (Phi) is 5.62. The van der Waals surface area contributed by atoms with Crippen LogP contribution in [-0.4, -0.2) is 70.7 Å². The largest absolute Gasteiger partial charge is 0.479 e. The number of phosphoric acid groups is 1. The van der Waals surface area contributed by atoms with Crippen molar-refractivity contribution in [3.05, 3.63) is 18.1 Å². The predicted octanol–water partition coefficient (Wildman–Crippen LogP) is -1.18. The lowest BCUT2D eigenvalue weighted by Crippen LogP contribution is -2.33. The van der Waals surface area contributed by atoms with E-state index >= 15 is 0 Å². The summed E-state index contributed by atoms with van der Waals surface area (Å²) in [4.78, 5) is 26.6. The van der Waals surface area contributed by atoms with Crippen molar-refractivity contribution in [3.8, 4) is 0 Å². The number of nitrogens with one attached hydrogen (secondary N) is 1. The van der Waals surface area contributed by atoms with Crippen molar-refractivity contribution in [2.75, 3.05) is 13.3 Å². The number of aliphatic hydroxyl groups is 2. The van der Waals surface area contributed by atoms with Gasteiger partial charge in [-0.2, -0.15) is 0 Å². The molecule has 0 saturated carbocycles. The molecule has 3 rings (SSSR count). The molecule has 28 heavy (non-hydrogen) atoms. The van der Waals surface area contributed by atoms with Crippen LogP contribution < -0.4 is 5.49 Å². The monoisotopic (exact) mass is 439 g/mol. The van der Waals surface area contributed by atoms with Gasteiger partial charge in [0.25, 0.3) is 0 Å². The van der Waals surface area contributed by atoms with E-state index in [0.717, 1.165) is 0 Å². The van der Waals surface area contributed by atoms with Crippen molar-refractivity contribution in [1.29, 1.82) is 5.41 Å². The number of rotatable bonds is 6. The molecule has 2 aromatic heterocycles. The van der Waals surface area contributed by atoms with Crippen LogP contribution in [0.25, 0.3) is 11.2 Å². The average Bonchev–Trinajstić information content (AvgIpc) is 3.10. The van der Waals surface area contributed by atoms with Crippen LogP contribution in [0.2, 0.25) is 0 Å². The van der Waals surface area contributed by atoms with Crippen molar-refractivity contribution in [2.24, 2.45) is 7.05 Å². The first-order valence-electron chi connectivity index (χ1n) is 7.83. The van der Waals surface area contributed by atoms with Crippen LogP contribution in [0.1, 0.15) is 6.23 Å². The number of hydrogen-bond acceptors (Lipinski definition) is 10. The summed E-state index contributed by atoms with van der Waals surface area (Å²) in [6, 6.07) is 0. The van der Waals surface area contributed by atoms with Crippen LogP contribution in [0, 0.1) is 5.41 Å². The Morgan fingerprint density at radius 1 is 1.25 bits per heavy atom. The number of fused-ring (bicyclic) bond motifs is 1. The molecule has 156 valence electrons. The molecule has 16 heteroatoms. The first-order chi connectivity index (χ1) is 12.9. The van der Waals surface area contributed by atoms with Gasteiger partial charge in [-0.3, -0.25) is 19.1 Å². The number of aliphatic hydroxyl groups excluding tert-OH is 2. The summed E-state index contributed by atoms with van der Waals surface area (Å²) < 4.78 is 39.7. The molecule has 0 aromatic carbocycles. The summed E-state index contributed by atoms with van der Waals surface area (Å²) in [5.74, 6) is 0. The van der Waals surface area contributed by atoms with Crippen LogP contribution in [-0.2, 0) is 29.7 Å². The van der Waals surface area contributed by atoms with E-state index in [1.165, 1.54) is 21.8 Å². The van der Waals surface area contributed by atoms with Crippen molar-refractivity contribution < 1.29 is 42.7 Å². The molecule has 2 aromatic rings. The maximum absolute atomic E-state index is 11.7. The van der Waals surface area contributed by atoms with Crippen LogP contribution in [0.3, 0.4) is 0 Å². The quantitative estimate of drug-likeness (QED) is 0.339. The van der Waals surface area contributed by atoms with E-state index in [-0.39, 0.29) is 16.7 Å². The molecule has 2 unspecified atom stereocenters. The van der Waals surface area contributed by atoms with E-state index < -0.39 is 46.6 Å². The molecule has 6 atom stereocenters. The Bertz CT molecular complexity index is 1030. The van der Waals surface area contributed by atoms with Gasteiger partial charge in [-0.1, -0.05) is 0 Å². The second-order valence-electron chi connectivity index (χ2n) is 6.22. The van der Waals surface area contributed by atoms with Gasteiger partial charge in [-0.15, -0.1) is 0 Å². The topological polar surface area (TPSA) is 202 Å². The smallest absolute Gasteiger partial charge is 0.387 e. The maximum atomic E-state index is 11.7. The van der Waals surface area contributed by atoms with Gasteiger partial charge in [0.15, 0.2) is 17.4 Å².